The van der Waals surface area contributed by atoms with E-state index >= 15 is 0 Å². The zero-order valence-corrected chi connectivity index (χ0v) is 18.2. The van der Waals surface area contributed by atoms with Crippen LogP contribution < -0.4 is 5.32 Å². The molecule has 4 rings (SSSR count). The highest BCUT2D eigenvalue weighted by molar-refractivity contribution is 9.10. The molecule has 1 heterocycles. The smallest absolute Gasteiger partial charge is 0.234 e. The predicted molar refractivity (Wildman–Crippen MR) is 121 cm³/mol. The molecule has 4 nitrogen and oxygen atoms in total. The standard InChI is InChI=1S/C22H21BrFN3OS/c23-16-9-10-18(17(24)13-16)25-19(28)14-29-21-20(15-7-3-1-4-8-15)26-22(27-21)11-5-2-6-12-22/h1,3-4,7-10,13H,2,5-6,11-12,14H2,(H,25,28). The van der Waals surface area contributed by atoms with Gasteiger partial charge in [0.05, 0.1) is 17.2 Å². The minimum atomic E-state index is -0.469. The molecule has 1 amide bonds. The van der Waals surface area contributed by atoms with Crippen LogP contribution in [-0.4, -0.2) is 28.1 Å². The van der Waals surface area contributed by atoms with E-state index in [-0.39, 0.29) is 23.0 Å². The Bertz CT molecular complexity index is 971. The van der Waals surface area contributed by atoms with E-state index in [4.69, 9.17) is 9.98 Å². The van der Waals surface area contributed by atoms with Gasteiger partial charge in [-0.05, 0) is 43.9 Å². The molecule has 1 aliphatic heterocycles. The van der Waals surface area contributed by atoms with Crippen LogP contribution in [0, 0.1) is 5.82 Å². The maximum Gasteiger partial charge on any atom is 0.234 e. The molecule has 0 atom stereocenters. The van der Waals surface area contributed by atoms with Gasteiger partial charge in [0.1, 0.15) is 10.9 Å². The average molecular weight is 474 g/mol. The second kappa shape index (κ2) is 8.79. The van der Waals surface area contributed by atoms with Crippen LogP contribution in [0.1, 0.15) is 37.7 Å². The highest BCUT2D eigenvalue weighted by Gasteiger charge is 2.37. The Kier molecular flexibility index (Phi) is 6.15. The number of benzene rings is 2. The van der Waals surface area contributed by atoms with Gasteiger partial charge in [0, 0.05) is 10.0 Å². The first kappa shape index (κ1) is 20.3. The Balaban J connectivity index is 1.49. The quantitative estimate of drug-likeness (QED) is 0.607. The summed E-state index contributed by atoms with van der Waals surface area (Å²) >= 11 is 4.58. The van der Waals surface area contributed by atoms with Gasteiger partial charge in [0.2, 0.25) is 5.91 Å². The van der Waals surface area contributed by atoms with Gasteiger partial charge in [-0.3, -0.25) is 9.79 Å². The number of halogens is 2. The first-order valence-electron chi connectivity index (χ1n) is 9.68. The van der Waals surface area contributed by atoms with Crippen molar-refractivity contribution < 1.29 is 9.18 Å². The zero-order chi connectivity index (χ0) is 20.3. The van der Waals surface area contributed by atoms with Crippen molar-refractivity contribution >= 4 is 50.0 Å². The fourth-order valence-electron chi connectivity index (χ4n) is 3.66. The van der Waals surface area contributed by atoms with Gasteiger partial charge in [0.15, 0.2) is 5.66 Å². The number of rotatable bonds is 4. The molecule has 0 unspecified atom stereocenters. The summed E-state index contributed by atoms with van der Waals surface area (Å²) in [4.78, 5) is 22.4. The van der Waals surface area contributed by atoms with Crippen LogP contribution in [0.4, 0.5) is 10.1 Å². The molecule has 1 N–H and O–H groups in total. The molecular weight excluding hydrogens is 453 g/mol. The average Bonchev–Trinajstić information content (AvgIpc) is 3.07. The molecule has 2 aromatic carbocycles. The predicted octanol–water partition coefficient (Wildman–Crippen LogP) is 5.82. The van der Waals surface area contributed by atoms with Crippen LogP contribution in [0.5, 0.6) is 0 Å². The molecule has 1 aliphatic carbocycles. The number of aliphatic imine (C=N–C) groups is 2. The Morgan fingerprint density at radius 1 is 1.10 bits per heavy atom. The second-order valence-corrected chi connectivity index (χ2v) is 9.13. The summed E-state index contributed by atoms with van der Waals surface area (Å²) in [7, 11) is 0. The number of nitrogens with zero attached hydrogens (tertiary/aromatic N) is 2. The minimum absolute atomic E-state index is 0.149. The molecule has 29 heavy (non-hydrogen) atoms. The Hall–Kier alpha value is -1.99. The molecule has 1 fully saturated rings. The number of amides is 1. The van der Waals surface area contributed by atoms with E-state index in [1.165, 1.54) is 24.2 Å². The minimum Gasteiger partial charge on any atom is -0.323 e. The van der Waals surface area contributed by atoms with Gasteiger partial charge < -0.3 is 5.32 Å². The van der Waals surface area contributed by atoms with E-state index < -0.39 is 5.82 Å². The summed E-state index contributed by atoms with van der Waals surface area (Å²) in [5.74, 6) is -0.587. The molecular formula is C22H21BrFN3OS. The van der Waals surface area contributed by atoms with E-state index in [9.17, 15) is 9.18 Å². The topological polar surface area (TPSA) is 53.8 Å². The summed E-state index contributed by atoms with van der Waals surface area (Å²) < 4.78 is 14.6. The normalized spacial score (nSPS) is 17.7. The van der Waals surface area contributed by atoms with Gasteiger partial charge >= 0.3 is 0 Å². The van der Waals surface area contributed by atoms with Gasteiger partial charge in [0.25, 0.3) is 0 Å². The van der Waals surface area contributed by atoms with E-state index in [2.05, 4.69) is 21.2 Å². The van der Waals surface area contributed by atoms with Crippen LogP contribution in [0.3, 0.4) is 0 Å². The number of hydrogen-bond acceptors (Lipinski definition) is 4. The Labute approximate surface area is 182 Å². The van der Waals surface area contributed by atoms with Gasteiger partial charge in [-0.15, -0.1) is 0 Å². The van der Waals surface area contributed by atoms with E-state index in [1.54, 1.807) is 12.1 Å². The summed E-state index contributed by atoms with van der Waals surface area (Å²) in [6, 6.07) is 14.5. The van der Waals surface area contributed by atoms with Crippen LogP contribution in [0.15, 0.2) is 63.0 Å². The fourth-order valence-corrected chi connectivity index (χ4v) is 4.87. The van der Waals surface area contributed by atoms with Gasteiger partial charge in [-0.25, -0.2) is 9.38 Å². The highest BCUT2D eigenvalue weighted by atomic mass is 79.9. The van der Waals surface area contributed by atoms with E-state index in [0.717, 1.165) is 42.0 Å². The maximum absolute atomic E-state index is 14.0. The van der Waals surface area contributed by atoms with Crippen LogP contribution in [0.2, 0.25) is 0 Å². The summed E-state index contributed by atoms with van der Waals surface area (Å²) in [6.45, 7) is 0. The van der Waals surface area contributed by atoms with Crippen molar-refractivity contribution in [1.29, 1.82) is 0 Å². The van der Waals surface area contributed by atoms with Crippen molar-refractivity contribution in [3.63, 3.8) is 0 Å². The van der Waals surface area contributed by atoms with E-state index in [1.807, 2.05) is 30.3 Å². The Morgan fingerprint density at radius 3 is 2.59 bits per heavy atom. The fraction of sp³-hybridized carbons (Fsp3) is 0.318. The highest BCUT2D eigenvalue weighted by Crippen LogP contribution is 2.38. The molecule has 1 saturated carbocycles. The lowest BCUT2D eigenvalue weighted by atomic mass is 9.90. The summed E-state index contributed by atoms with van der Waals surface area (Å²) in [5, 5.41) is 3.43. The number of carbonyl (C=O) groups is 1. The third kappa shape index (κ3) is 4.78. The Morgan fingerprint density at radius 2 is 1.86 bits per heavy atom. The van der Waals surface area contributed by atoms with Crippen LogP contribution in [-0.2, 0) is 4.79 Å². The molecule has 1 spiro atoms. The molecule has 0 saturated heterocycles. The lowest BCUT2D eigenvalue weighted by Crippen LogP contribution is -2.25. The van der Waals surface area contributed by atoms with Gasteiger partial charge in [-0.2, -0.15) is 0 Å². The largest absolute Gasteiger partial charge is 0.323 e. The van der Waals surface area contributed by atoms with Crippen LogP contribution >= 0.6 is 27.7 Å². The number of thioether (sulfide) groups is 1. The zero-order valence-electron chi connectivity index (χ0n) is 15.8. The lowest BCUT2D eigenvalue weighted by Gasteiger charge is -2.27. The molecule has 150 valence electrons. The molecule has 0 bridgehead atoms. The molecule has 2 aliphatic rings. The van der Waals surface area contributed by atoms with Crippen molar-refractivity contribution in [2.45, 2.75) is 37.8 Å². The second-order valence-electron chi connectivity index (χ2n) is 7.25. The third-order valence-corrected chi connectivity index (χ3v) is 6.54. The van der Waals surface area contributed by atoms with Crippen molar-refractivity contribution in [2.75, 3.05) is 11.1 Å². The monoisotopic (exact) mass is 473 g/mol. The number of nitrogens with one attached hydrogen (secondary N) is 1. The number of anilines is 1. The maximum atomic E-state index is 14.0. The third-order valence-electron chi connectivity index (χ3n) is 5.08. The lowest BCUT2D eigenvalue weighted by molar-refractivity contribution is -0.113. The number of hydrogen-bond donors (Lipinski definition) is 1. The van der Waals surface area contributed by atoms with Crippen molar-refractivity contribution in [1.82, 2.24) is 0 Å². The summed E-state index contributed by atoms with van der Waals surface area (Å²) in [5.41, 5.74) is 1.67. The van der Waals surface area contributed by atoms with Gasteiger partial charge in [-0.1, -0.05) is 64.4 Å². The van der Waals surface area contributed by atoms with E-state index in [0.29, 0.717) is 4.47 Å². The van der Waals surface area contributed by atoms with Crippen molar-refractivity contribution in [2.24, 2.45) is 9.98 Å². The first-order chi connectivity index (χ1) is 14.0. The first-order valence-corrected chi connectivity index (χ1v) is 11.5. The van der Waals surface area contributed by atoms with Crippen LogP contribution in [0.25, 0.3) is 0 Å². The SMILES string of the molecule is O=C(CSC1=NC2(CCCCC2)N=C1c1ccccc1)Nc1ccc(Br)cc1F. The van der Waals surface area contributed by atoms with Crippen molar-refractivity contribution in [3.05, 3.63) is 64.4 Å². The molecule has 7 heteroatoms. The molecule has 0 aromatic heterocycles. The number of carbonyl (C=O) groups excluding carboxylic acids is 1. The summed E-state index contributed by atoms with van der Waals surface area (Å²) in [6.07, 6.45) is 5.36. The van der Waals surface area contributed by atoms with Crippen molar-refractivity contribution in [3.8, 4) is 0 Å². The molecule has 0 radical (unpaired) electrons. The molecule has 2 aromatic rings.